The van der Waals surface area contributed by atoms with Gasteiger partial charge < -0.3 is 14.8 Å². The van der Waals surface area contributed by atoms with Crippen molar-refractivity contribution in [3.05, 3.63) is 51.6 Å². The molecule has 0 saturated carbocycles. The van der Waals surface area contributed by atoms with Crippen LogP contribution in [-0.4, -0.2) is 22.2 Å². The van der Waals surface area contributed by atoms with Gasteiger partial charge >= 0.3 is 0 Å². The molecule has 0 unspecified atom stereocenters. The fraction of sp³-hybridized carbons (Fsp3) is 0.333. The molecule has 0 aliphatic heterocycles. The van der Waals surface area contributed by atoms with Gasteiger partial charge in [0, 0.05) is 12.0 Å². The molecule has 0 radical (unpaired) electrons. The lowest BCUT2D eigenvalue weighted by Gasteiger charge is -2.10. The maximum absolute atomic E-state index is 12.0. The van der Waals surface area contributed by atoms with Crippen LogP contribution in [0.3, 0.4) is 0 Å². The van der Waals surface area contributed by atoms with Gasteiger partial charge in [0.05, 0.1) is 12.7 Å². The third-order valence-electron chi connectivity index (χ3n) is 3.11. The summed E-state index contributed by atoms with van der Waals surface area (Å²) >= 11 is 0. The molecule has 20 heavy (non-hydrogen) atoms. The number of nitrogens with one attached hydrogen (secondary N) is 1. The molecule has 5 nitrogen and oxygen atoms in total. The zero-order chi connectivity index (χ0) is 14.7. The molecule has 5 heteroatoms. The quantitative estimate of drug-likeness (QED) is 0.896. The molecule has 2 N–H and O–H groups in total. The number of benzene rings is 1. The molecule has 0 aliphatic carbocycles. The number of aromatic hydroxyl groups is 1. The first-order chi connectivity index (χ1) is 9.52. The Morgan fingerprint density at radius 2 is 2.05 bits per heavy atom. The van der Waals surface area contributed by atoms with E-state index in [0.29, 0.717) is 17.8 Å². The van der Waals surface area contributed by atoms with Gasteiger partial charge in [0.1, 0.15) is 11.6 Å². The van der Waals surface area contributed by atoms with E-state index in [1.54, 1.807) is 7.11 Å². The van der Waals surface area contributed by atoms with Crippen LogP contribution in [0.15, 0.2) is 29.1 Å². The first-order valence-electron chi connectivity index (χ1n) is 6.47. The number of aromatic amines is 1. The highest BCUT2D eigenvalue weighted by molar-refractivity contribution is 5.36. The van der Waals surface area contributed by atoms with Gasteiger partial charge in [0.2, 0.25) is 5.88 Å². The molecule has 0 saturated heterocycles. The normalized spacial score (nSPS) is 10.8. The SMILES string of the molecule is COc1ccccc1Cc1nc(O)c(C(C)C)c(=O)[nH]1. The Labute approximate surface area is 117 Å². The zero-order valence-corrected chi connectivity index (χ0v) is 11.8. The Balaban J connectivity index is 2.38. The third kappa shape index (κ3) is 2.82. The summed E-state index contributed by atoms with van der Waals surface area (Å²) in [7, 11) is 1.59. The van der Waals surface area contributed by atoms with E-state index in [9.17, 15) is 9.90 Å². The molecule has 1 aromatic carbocycles. The van der Waals surface area contributed by atoms with Gasteiger partial charge in [0.25, 0.3) is 5.56 Å². The molecule has 106 valence electrons. The van der Waals surface area contributed by atoms with E-state index < -0.39 is 0 Å². The van der Waals surface area contributed by atoms with Crippen molar-refractivity contribution in [2.75, 3.05) is 7.11 Å². The fourth-order valence-corrected chi connectivity index (χ4v) is 2.15. The number of hydrogen-bond acceptors (Lipinski definition) is 4. The maximum Gasteiger partial charge on any atom is 0.258 e. The summed E-state index contributed by atoms with van der Waals surface area (Å²) in [5.41, 5.74) is 0.918. The first kappa shape index (κ1) is 14.1. The second kappa shape index (κ2) is 5.77. The maximum atomic E-state index is 12.0. The average Bonchev–Trinajstić information content (AvgIpc) is 2.38. The van der Waals surface area contributed by atoms with E-state index in [0.717, 1.165) is 11.3 Å². The van der Waals surface area contributed by atoms with Crippen LogP contribution in [0.5, 0.6) is 11.6 Å². The Bertz CT molecular complexity index is 662. The minimum Gasteiger partial charge on any atom is -0.496 e. The Morgan fingerprint density at radius 1 is 1.35 bits per heavy atom. The molecule has 0 amide bonds. The molecule has 1 aromatic heterocycles. The number of methoxy groups -OCH3 is 1. The number of hydrogen-bond donors (Lipinski definition) is 2. The highest BCUT2D eigenvalue weighted by Crippen LogP contribution is 2.22. The van der Waals surface area contributed by atoms with Crippen molar-refractivity contribution in [1.82, 2.24) is 9.97 Å². The Kier molecular flexibility index (Phi) is 4.08. The predicted molar refractivity (Wildman–Crippen MR) is 76.4 cm³/mol. The highest BCUT2D eigenvalue weighted by atomic mass is 16.5. The first-order valence-corrected chi connectivity index (χ1v) is 6.47. The second-order valence-electron chi connectivity index (χ2n) is 4.89. The molecule has 1 heterocycles. The van der Waals surface area contributed by atoms with Crippen LogP contribution in [0.2, 0.25) is 0 Å². The minimum atomic E-state index is -0.294. The van der Waals surface area contributed by atoms with Gasteiger partial charge in [-0.3, -0.25) is 4.79 Å². The summed E-state index contributed by atoms with van der Waals surface area (Å²) in [4.78, 5) is 18.7. The number of rotatable bonds is 4. The van der Waals surface area contributed by atoms with Crippen LogP contribution in [0.25, 0.3) is 0 Å². The summed E-state index contributed by atoms with van der Waals surface area (Å²) in [5, 5.41) is 9.88. The molecule has 2 aromatic rings. The van der Waals surface area contributed by atoms with Gasteiger partial charge in [-0.25, -0.2) is 0 Å². The van der Waals surface area contributed by atoms with Gasteiger partial charge in [0.15, 0.2) is 0 Å². The van der Waals surface area contributed by atoms with Crippen LogP contribution in [-0.2, 0) is 6.42 Å². The van der Waals surface area contributed by atoms with Crippen LogP contribution in [0.1, 0.15) is 36.7 Å². The van der Waals surface area contributed by atoms with E-state index >= 15 is 0 Å². The molecule has 0 fully saturated rings. The van der Waals surface area contributed by atoms with E-state index in [1.807, 2.05) is 38.1 Å². The van der Waals surface area contributed by atoms with Crippen molar-refractivity contribution in [2.45, 2.75) is 26.2 Å². The molecule has 0 atom stereocenters. The minimum absolute atomic E-state index is 0.0773. The van der Waals surface area contributed by atoms with E-state index in [1.165, 1.54) is 0 Å². The van der Waals surface area contributed by atoms with Crippen LogP contribution in [0.4, 0.5) is 0 Å². The molecular formula is C15H18N2O3. The fourth-order valence-electron chi connectivity index (χ4n) is 2.15. The molecule has 0 bridgehead atoms. The van der Waals surface area contributed by atoms with Crippen molar-refractivity contribution < 1.29 is 9.84 Å². The lowest BCUT2D eigenvalue weighted by atomic mass is 10.1. The van der Waals surface area contributed by atoms with Crippen LogP contribution >= 0.6 is 0 Å². The van der Waals surface area contributed by atoms with Crippen molar-refractivity contribution in [3.8, 4) is 11.6 Å². The topological polar surface area (TPSA) is 75.2 Å². The molecule has 0 aliphatic rings. The van der Waals surface area contributed by atoms with Gasteiger partial charge in [-0.05, 0) is 12.0 Å². The number of nitrogens with zero attached hydrogens (tertiary/aromatic N) is 1. The van der Waals surface area contributed by atoms with Crippen LogP contribution < -0.4 is 10.3 Å². The predicted octanol–water partition coefficient (Wildman–Crippen LogP) is 2.20. The van der Waals surface area contributed by atoms with E-state index in [-0.39, 0.29) is 17.4 Å². The second-order valence-corrected chi connectivity index (χ2v) is 4.89. The largest absolute Gasteiger partial charge is 0.496 e. The Morgan fingerprint density at radius 3 is 2.65 bits per heavy atom. The standard InChI is InChI=1S/C15H18N2O3/c1-9(2)13-14(18)16-12(17-15(13)19)8-10-6-4-5-7-11(10)20-3/h4-7,9H,8H2,1-3H3,(H2,16,17,18,19). The summed E-state index contributed by atoms with van der Waals surface area (Å²) in [6, 6.07) is 7.50. The van der Waals surface area contributed by atoms with Gasteiger partial charge in [-0.1, -0.05) is 32.0 Å². The lowest BCUT2D eigenvalue weighted by Crippen LogP contribution is -2.18. The van der Waals surface area contributed by atoms with E-state index in [2.05, 4.69) is 9.97 Å². The average molecular weight is 274 g/mol. The smallest absolute Gasteiger partial charge is 0.258 e. The number of para-hydroxylation sites is 1. The molecular weight excluding hydrogens is 256 g/mol. The number of aromatic nitrogens is 2. The number of H-pyrrole nitrogens is 1. The summed E-state index contributed by atoms with van der Waals surface area (Å²) < 4.78 is 5.26. The van der Waals surface area contributed by atoms with Crippen molar-refractivity contribution in [2.24, 2.45) is 0 Å². The summed E-state index contributed by atoms with van der Waals surface area (Å²) in [6.07, 6.45) is 0.394. The van der Waals surface area contributed by atoms with Crippen molar-refractivity contribution >= 4 is 0 Å². The van der Waals surface area contributed by atoms with Gasteiger partial charge in [-0.15, -0.1) is 0 Å². The van der Waals surface area contributed by atoms with E-state index in [4.69, 9.17) is 4.74 Å². The number of ether oxygens (including phenoxy) is 1. The third-order valence-corrected chi connectivity index (χ3v) is 3.11. The highest BCUT2D eigenvalue weighted by Gasteiger charge is 2.14. The van der Waals surface area contributed by atoms with Crippen molar-refractivity contribution in [1.29, 1.82) is 0 Å². The lowest BCUT2D eigenvalue weighted by molar-refractivity contribution is 0.409. The monoisotopic (exact) mass is 274 g/mol. The van der Waals surface area contributed by atoms with Crippen LogP contribution in [0, 0.1) is 0 Å². The zero-order valence-electron chi connectivity index (χ0n) is 11.8. The molecule has 2 rings (SSSR count). The molecule has 0 spiro atoms. The Hall–Kier alpha value is -2.30. The van der Waals surface area contributed by atoms with Crippen molar-refractivity contribution in [3.63, 3.8) is 0 Å². The summed E-state index contributed by atoms with van der Waals surface area (Å²) in [6.45, 7) is 3.68. The van der Waals surface area contributed by atoms with Gasteiger partial charge in [-0.2, -0.15) is 4.98 Å². The summed E-state index contributed by atoms with van der Waals surface area (Å²) in [5.74, 6) is 0.865.